The van der Waals surface area contributed by atoms with Gasteiger partial charge in [0.05, 0.1) is 10.9 Å². The Hall–Kier alpha value is -2.00. The number of carbonyl (C=O) groups excluding carboxylic acids is 1. The highest BCUT2D eigenvalue weighted by Crippen LogP contribution is 2.19. The normalized spacial score (nSPS) is 10.1. The summed E-state index contributed by atoms with van der Waals surface area (Å²) >= 11 is 1.28. The van der Waals surface area contributed by atoms with E-state index in [1.807, 2.05) is 0 Å². The standard InChI is InChI=1S/C12H12N4OS/c1-8(17)18-5-3-2-4-9-6-14-12-10(9)11(13)15-7-16-12/h6-7H,3,5H2,1H3,(H3,13,14,15,16). The van der Waals surface area contributed by atoms with E-state index >= 15 is 0 Å². The van der Waals surface area contributed by atoms with Crippen LogP contribution in [0, 0.1) is 11.8 Å². The van der Waals surface area contributed by atoms with E-state index in [4.69, 9.17) is 5.73 Å². The number of hydrogen-bond donors (Lipinski definition) is 2. The second-order valence-electron chi connectivity index (χ2n) is 3.58. The van der Waals surface area contributed by atoms with Crippen molar-refractivity contribution in [2.75, 3.05) is 11.5 Å². The summed E-state index contributed by atoms with van der Waals surface area (Å²) in [6.45, 7) is 1.55. The molecule has 92 valence electrons. The van der Waals surface area contributed by atoms with Gasteiger partial charge in [0.2, 0.25) is 0 Å². The largest absolute Gasteiger partial charge is 0.383 e. The summed E-state index contributed by atoms with van der Waals surface area (Å²) in [5.74, 6) is 7.15. The molecule has 0 saturated heterocycles. The molecular formula is C12H12N4OS. The van der Waals surface area contributed by atoms with Gasteiger partial charge >= 0.3 is 0 Å². The van der Waals surface area contributed by atoms with Crippen LogP contribution in [-0.2, 0) is 4.79 Å². The first-order valence-corrected chi connectivity index (χ1v) is 6.37. The molecule has 0 aliphatic carbocycles. The summed E-state index contributed by atoms with van der Waals surface area (Å²) in [5, 5.41) is 0.866. The minimum absolute atomic E-state index is 0.113. The maximum atomic E-state index is 10.7. The molecule has 0 radical (unpaired) electrons. The molecule has 0 bridgehead atoms. The molecule has 0 aromatic carbocycles. The molecule has 18 heavy (non-hydrogen) atoms. The van der Waals surface area contributed by atoms with E-state index in [-0.39, 0.29) is 5.12 Å². The van der Waals surface area contributed by atoms with Gasteiger partial charge < -0.3 is 10.7 Å². The Bertz CT molecular complexity index is 638. The van der Waals surface area contributed by atoms with Crippen LogP contribution in [0.1, 0.15) is 18.9 Å². The molecule has 2 heterocycles. The van der Waals surface area contributed by atoms with Crippen molar-refractivity contribution in [3.63, 3.8) is 0 Å². The third kappa shape index (κ3) is 2.81. The lowest BCUT2D eigenvalue weighted by Gasteiger charge is -1.93. The number of hydrogen-bond acceptors (Lipinski definition) is 5. The van der Waals surface area contributed by atoms with E-state index in [2.05, 4.69) is 26.8 Å². The number of nitrogens with one attached hydrogen (secondary N) is 1. The molecule has 0 aliphatic rings. The fraction of sp³-hybridized carbons (Fsp3) is 0.250. The van der Waals surface area contributed by atoms with Crippen molar-refractivity contribution >= 4 is 33.7 Å². The molecular weight excluding hydrogens is 248 g/mol. The number of H-pyrrole nitrogens is 1. The molecule has 2 aromatic rings. The molecule has 0 amide bonds. The van der Waals surface area contributed by atoms with E-state index in [0.717, 1.165) is 10.9 Å². The Morgan fingerprint density at radius 3 is 3.17 bits per heavy atom. The van der Waals surface area contributed by atoms with Crippen LogP contribution in [0.15, 0.2) is 12.5 Å². The Labute approximate surface area is 109 Å². The molecule has 3 N–H and O–H groups in total. The first-order valence-electron chi connectivity index (χ1n) is 5.38. The summed E-state index contributed by atoms with van der Waals surface area (Å²) in [6, 6.07) is 0. The Balaban J connectivity index is 2.13. The molecule has 0 aliphatic heterocycles. The minimum Gasteiger partial charge on any atom is -0.383 e. The van der Waals surface area contributed by atoms with E-state index in [1.54, 1.807) is 13.1 Å². The SMILES string of the molecule is CC(=O)SCCC#Cc1c[nH]c2ncnc(N)c12. The number of aromatic amines is 1. The van der Waals surface area contributed by atoms with Gasteiger partial charge in [0.15, 0.2) is 5.12 Å². The van der Waals surface area contributed by atoms with Gasteiger partial charge in [0.25, 0.3) is 0 Å². The predicted molar refractivity (Wildman–Crippen MR) is 72.9 cm³/mol. The Kier molecular flexibility index (Phi) is 3.85. The third-order valence-electron chi connectivity index (χ3n) is 2.25. The number of fused-ring (bicyclic) bond motifs is 1. The molecule has 0 atom stereocenters. The fourth-order valence-corrected chi connectivity index (χ4v) is 1.98. The number of carbonyl (C=O) groups is 1. The van der Waals surface area contributed by atoms with Gasteiger partial charge in [-0.2, -0.15) is 0 Å². The molecule has 0 spiro atoms. The quantitative estimate of drug-likeness (QED) is 0.632. The zero-order valence-electron chi connectivity index (χ0n) is 9.86. The average molecular weight is 260 g/mol. The molecule has 6 heteroatoms. The van der Waals surface area contributed by atoms with Gasteiger partial charge in [-0.25, -0.2) is 9.97 Å². The molecule has 0 unspecified atom stereocenters. The molecule has 2 rings (SSSR count). The van der Waals surface area contributed by atoms with Crippen molar-refractivity contribution < 1.29 is 4.79 Å². The van der Waals surface area contributed by atoms with Gasteiger partial charge in [0.1, 0.15) is 17.8 Å². The second-order valence-corrected chi connectivity index (χ2v) is 4.85. The van der Waals surface area contributed by atoms with Crippen molar-refractivity contribution in [3.05, 3.63) is 18.1 Å². The smallest absolute Gasteiger partial charge is 0.185 e. The Morgan fingerprint density at radius 1 is 1.56 bits per heavy atom. The van der Waals surface area contributed by atoms with Crippen LogP contribution in [0.4, 0.5) is 5.82 Å². The van der Waals surface area contributed by atoms with E-state index in [9.17, 15) is 4.79 Å². The first-order chi connectivity index (χ1) is 8.68. The summed E-state index contributed by atoms with van der Waals surface area (Å²) in [4.78, 5) is 21.7. The van der Waals surface area contributed by atoms with E-state index in [0.29, 0.717) is 23.6 Å². The molecule has 2 aromatic heterocycles. The number of rotatable bonds is 2. The number of nitrogen functional groups attached to an aromatic ring is 1. The van der Waals surface area contributed by atoms with Gasteiger partial charge in [-0.3, -0.25) is 4.79 Å². The van der Waals surface area contributed by atoms with Gasteiger partial charge in [0, 0.05) is 25.3 Å². The average Bonchev–Trinajstić information content (AvgIpc) is 2.73. The summed E-state index contributed by atoms with van der Waals surface area (Å²) < 4.78 is 0. The molecule has 0 saturated carbocycles. The Morgan fingerprint density at radius 2 is 2.39 bits per heavy atom. The van der Waals surface area contributed by atoms with Crippen molar-refractivity contribution in [3.8, 4) is 11.8 Å². The summed E-state index contributed by atoms with van der Waals surface area (Å²) in [7, 11) is 0. The van der Waals surface area contributed by atoms with E-state index < -0.39 is 0 Å². The highest BCUT2D eigenvalue weighted by atomic mass is 32.2. The van der Waals surface area contributed by atoms with Crippen LogP contribution in [0.3, 0.4) is 0 Å². The van der Waals surface area contributed by atoms with Crippen molar-refractivity contribution in [1.82, 2.24) is 15.0 Å². The maximum Gasteiger partial charge on any atom is 0.185 e. The first kappa shape index (κ1) is 12.5. The highest BCUT2D eigenvalue weighted by molar-refractivity contribution is 8.13. The van der Waals surface area contributed by atoms with Gasteiger partial charge in [-0.05, 0) is 0 Å². The highest BCUT2D eigenvalue weighted by Gasteiger charge is 2.06. The van der Waals surface area contributed by atoms with E-state index in [1.165, 1.54) is 18.1 Å². The van der Waals surface area contributed by atoms with Crippen LogP contribution in [0.2, 0.25) is 0 Å². The van der Waals surface area contributed by atoms with Crippen LogP contribution >= 0.6 is 11.8 Å². The number of nitrogens with zero attached hydrogens (tertiary/aromatic N) is 2. The summed E-state index contributed by atoms with van der Waals surface area (Å²) in [5.41, 5.74) is 7.26. The minimum atomic E-state index is 0.113. The number of anilines is 1. The van der Waals surface area contributed by atoms with Crippen molar-refractivity contribution in [1.29, 1.82) is 0 Å². The lowest BCUT2D eigenvalue weighted by Crippen LogP contribution is -1.92. The zero-order chi connectivity index (χ0) is 13.0. The lowest BCUT2D eigenvalue weighted by atomic mass is 10.2. The monoisotopic (exact) mass is 260 g/mol. The second kappa shape index (κ2) is 5.56. The topological polar surface area (TPSA) is 84.7 Å². The summed E-state index contributed by atoms with van der Waals surface area (Å²) in [6.07, 6.45) is 3.83. The van der Waals surface area contributed by atoms with Crippen molar-refractivity contribution in [2.24, 2.45) is 0 Å². The van der Waals surface area contributed by atoms with Crippen molar-refractivity contribution in [2.45, 2.75) is 13.3 Å². The fourth-order valence-electron chi connectivity index (χ4n) is 1.49. The maximum absolute atomic E-state index is 10.7. The predicted octanol–water partition coefficient (Wildman–Crippen LogP) is 1.56. The lowest BCUT2D eigenvalue weighted by molar-refractivity contribution is -0.109. The van der Waals surface area contributed by atoms with Gasteiger partial charge in [-0.1, -0.05) is 23.6 Å². The van der Waals surface area contributed by atoms with Crippen LogP contribution < -0.4 is 5.73 Å². The number of thioether (sulfide) groups is 1. The van der Waals surface area contributed by atoms with Crippen LogP contribution in [0.5, 0.6) is 0 Å². The van der Waals surface area contributed by atoms with Gasteiger partial charge in [-0.15, -0.1) is 0 Å². The number of aromatic nitrogens is 3. The molecule has 5 nitrogen and oxygen atoms in total. The number of nitrogens with two attached hydrogens (primary N) is 1. The van der Waals surface area contributed by atoms with Crippen LogP contribution in [-0.4, -0.2) is 25.8 Å². The third-order valence-corrected chi connectivity index (χ3v) is 3.07. The molecule has 0 fully saturated rings. The van der Waals surface area contributed by atoms with Crippen LogP contribution in [0.25, 0.3) is 11.0 Å². The zero-order valence-corrected chi connectivity index (χ0v) is 10.7.